The second-order valence-corrected chi connectivity index (χ2v) is 7.87. The van der Waals surface area contributed by atoms with Gasteiger partial charge in [0.25, 0.3) is 0 Å². The summed E-state index contributed by atoms with van der Waals surface area (Å²) in [5, 5.41) is 8.44. The Morgan fingerprint density at radius 3 is 2.77 bits per heavy atom. The van der Waals surface area contributed by atoms with E-state index in [4.69, 9.17) is 0 Å². The largest absolute Gasteiger partial charge is 0.364 e. The third kappa shape index (κ3) is 3.08. The van der Waals surface area contributed by atoms with Crippen molar-refractivity contribution >= 4 is 28.3 Å². The summed E-state index contributed by atoms with van der Waals surface area (Å²) in [4.78, 5) is 27.6. The molecular weight excluding hydrogens is 378 g/mol. The molecule has 0 bridgehead atoms. The number of nitrogens with zero attached hydrogens (tertiary/aromatic N) is 6. The van der Waals surface area contributed by atoms with Gasteiger partial charge in [-0.25, -0.2) is 9.97 Å². The van der Waals surface area contributed by atoms with Gasteiger partial charge in [0.2, 0.25) is 5.91 Å². The van der Waals surface area contributed by atoms with Gasteiger partial charge in [0.15, 0.2) is 0 Å². The van der Waals surface area contributed by atoms with E-state index in [0.717, 1.165) is 55.0 Å². The molecule has 0 unspecified atom stereocenters. The second kappa shape index (κ2) is 7.44. The van der Waals surface area contributed by atoms with E-state index >= 15 is 0 Å². The van der Waals surface area contributed by atoms with Crippen LogP contribution >= 0.6 is 0 Å². The van der Waals surface area contributed by atoms with Crippen molar-refractivity contribution in [2.75, 3.05) is 42.5 Å². The monoisotopic (exact) mass is 403 g/mol. The summed E-state index contributed by atoms with van der Waals surface area (Å²) in [6, 6.07) is 4.22. The van der Waals surface area contributed by atoms with E-state index in [9.17, 15) is 4.79 Å². The number of benzene rings is 1. The highest BCUT2D eigenvalue weighted by atomic mass is 16.2. The summed E-state index contributed by atoms with van der Waals surface area (Å²) >= 11 is 0. The second-order valence-electron chi connectivity index (χ2n) is 7.87. The zero-order chi connectivity index (χ0) is 20.7. The lowest BCUT2D eigenvalue weighted by atomic mass is 10.0. The average molecular weight is 403 g/mol. The molecule has 30 heavy (non-hydrogen) atoms. The van der Waals surface area contributed by atoms with Crippen LogP contribution in [0.4, 0.5) is 11.5 Å². The Labute approximate surface area is 175 Å². The number of hydrogen-bond donors (Lipinski definition) is 1. The van der Waals surface area contributed by atoms with Gasteiger partial charge in [0, 0.05) is 43.7 Å². The Bertz CT molecular complexity index is 1110. The number of aromatic nitrogens is 4. The van der Waals surface area contributed by atoms with E-state index < -0.39 is 0 Å². The topological polar surface area (TPSA) is 81.3 Å². The van der Waals surface area contributed by atoms with Crippen molar-refractivity contribution in [3.05, 3.63) is 54.1 Å². The lowest BCUT2D eigenvalue weighted by molar-refractivity contribution is -0.126. The Morgan fingerprint density at radius 2 is 1.97 bits per heavy atom. The van der Waals surface area contributed by atoms with Crippen molar-refractivity contribution in [2.24, 2.45) is 0 Å². The summed E-state index contributed by atoms with van der Waals surface area (Å²) in [7, 11) is 0. The molecule has 2 aliphatic heterocycles. The van der Waals surface area contributed by atoms with E-state index in [2.05, 4.69) is 55.6 Å². The van der Waals surface area contributed by atoms with Crippen LogP contribution in [0.5, 0.6) is 0 Å². The molecule has 0 saturated carbocycles. The highest BCUT2D eigenvalue weighted by Crippen LogP contribution is 2.34. The Kier molecular flexibility index (Phi) is 4.61. The third-order valence-corrected chi connectivity index (χ3v) is 6.16. The number of aromatic amines is 1. The van der Waals surface area contributed by atoms with E-state index in [1.165, 1.54) is 22.9 Å². The molecule has 1 N–H and O–H groups in total. The minimum absolute atomic E-state index is 0.00111. The molecule has 8 nitrogen and oxygen atoms in total. The van der Waals surface area contributed by atoms with Gasteiger partial charge in [-0.3, -0.25) is 9.89 Å². The number of carbonyl (C=O) groups is 1. The summed E-state index contributed by atoms with van der Waals surface area (Å²) in [5.41, 5.74) is 5.83. The maximum absolute atomic E-state index is 11.9. The molecule has 2 aromatic heterocycles. The molecule has 4 heterocycles. The summed E-state index contributed by atoms with van der Waals surface area (Å²) < 4.78 is 0. The Hall–Kier alpha value is -3.42. The van der Waals surface area contributed by atoms with Crippen LogP contribution in [-0.4, -0.2) is 63.7 Å². The first-order valence-electron chi connectivity index (χ1n) is 10.3. The van der Waals surface area contributed by atoms with Crippen molar-refractivity contribution in [1.29, 1.82) is 0 Å². The van der Waals surface area contributed by atoms with E-state index in [-0.39, 0.29) is 5.91 Å². The van der Waals surface area contributed by atoms with Gasteiger partial charge < -0.3 is 14.7 Å². The van der Waals surface area contributed by atoms with Crippen LogP contribution in [0.2, 0.25) is 0 Å². The van der Waals surface area contributed by atoms with Crippen LogP contribution in [0.3, 0.4) is 0 Å². The van der Waals surface area contributed by atoms with Gasteiger partial charge in [-0.15, -0.1) is 0 Å². The minimum atomic E-state index is -0.00111. The van der Waals surface area contributed by atoms with Gasteiger partial charge in [-0.05, 0) is 31.1 Å². The predicted octanol–water partition coefficient (Wildman–Crippen LogP) is 2.06. The fraction of sp³-hybridized carbons (Fsp3) is 0.364. The molecule has 2 aliphatic rings. The van der Waals surface area contributed by atoms with Crippen molar-refractivity contribution < 1.29 is 4.79 Å². The number of carbonyl (C=O) groups excluding carboxylic acids is 1. The van der Waals surface area contributed by atoms with E-state index in [0.29, 0.717) is 13.1 Å². The molecule has 0 aliphatic carbocycles. The van der Waals surface area contributed by atoms with Crippen molar-refractivity contribution in [3.8, 4) is 0 Å². The predicted molar refractivity (Wildman–Crippen MR) is 117 cm³/mol. The summed E-state index contributed by atoms with van der Waals surface area (Å²) in [5.74, 6) is 1.02. The normalized spacial score (nSPS) is 16.6. The first kappa shape index (κ1) is 18.6. The first-order valence-corrected chi connectivity index (χ1v) is 10.3. The first-order chi connectivity index (χ1) is 14.7. The summed E-state index contributed by atoms with van der Waals surface area (Å²) in [6.07, 6.45) is 5.86. The number of aryl methyl sites for hydroxylation is 1. The highest BCUT2D eigenvalue weighted by molar-refractivity contribution is 5.93. The number of nitrogens with one attached hydrogen (secondary N) is 1. The fourth-order valence-electron chi connectivity index (χ4n) is 4.60. The van der Waals surface area contributed by atoms with E-state index in [1.54, 1.807) is 6.33 Å². The quantitative estimate of drug-likeness (QED) is 0.674. The van der Waals surface area contributed by atoms with Gasteiger partial charge in [0.05, 0.1) is 29.6 Å². The molecule has 1 fully saturated rings. The van der Waals surface area contributed by atoms with Crippen LogP contribution in [0.1, 0.15) is 16.8 Å². The molecule has 3 aromatic rings. The van der Waals surface area contributed by atoms with Gasteiger partial charge in [0.1, 0.15) is 12.1 Å². The molecular formula is C22H25N7O. The zero-order valence-electron chi connectivity index (χ0n) is 17.1. The van der Waals surface area contributed by atoms with Crippen LogP contribution in [0.15, 0.2) is 37.3 Å². The van der Waals surface area contributed by atoms with Crippen molar-refractivity contribution in [3.63, 3.8) is 0 Å². The fourth-order valence-corrected chi connectivity index (χ4v) is 4.60. The Balaban J connectivity index is 1.40. The standard InChI is InChI=1S/C22H25N7O/c1-3-20(30)27-8-10-28(11-9-27)22-16-6-7-29(13-19(16)23-14-24-22)21-15(2)4-5-18-17(21)12-25-26-18/h3-5,12,14H,1,6-11,13H2,2H3,(H,25,26). The third-order valence-electron chi connectivity index (χ3n) is 6.16. The van der Waals surface area contributed by atoms with Crippen LogP contribution < -0.4 is 9.80 Å². The zero-order valence-corrected chi connectivity index (χ0v) is 17.1. The molecule has 1 saturated heterocycles. The molecule has 5 rings (SSSR count). The number of hydrogen-bond acceptors (Lipinski definition) is 6. The number of anilines is 2. The molecule has 0 spiro atoms. The smallest absolute Gasteiger partial charge is 0.246 e. The maximum atomic E-state index is 11.9. The number of piperazine rings is 1. The molecule has 1 amide bonds. The van der Waals surface area contributed by atoms with Gasteiger partial charge in [-0.2, -0.15) is 5.10 Å². The lowest BCUT2D eigenvalue weighted by Crippen LogP contribution is -2.49. The SMILES string of the molecule is C=CC(=O)N1CCN(c2ncnc3c2CCN(c2c(C)ccc4[nH]ncc24)C3)CC1. The Morgan fingerprint density at radius 1 is 1.13 bits per heavy atom. The molecule has 8 heteroatoms. The summed E-state index contributed by atoms with van der Waals surface area (Å²) in [6.45, 7) is 10.3. The van der Waals surface area contributed by atoms with Gasteiger partial charge in [-0.1, -0.05) is 12.6 Å². The number of amides is 1. The number of H-pyrrole nitrogens is 1. The van der Waals surface area contributed by atoms with Crippen LogP contribution in [0, 0.1) is 6.92 Å². The number of rotatable bonds is 3. The minimum Gasteiger partial charge on any atom is -0.364 e. The average Bonchev–Trinajstić information content (AvgIpc) is 3.26. The van der Waals surface area contributed by atoms with Crippen LogP contribution in [0.25, 0.3) is 10.9 Å². The maximum Gasteiger partial charge on any atom is 0.246 e. The molecule has 154 valence electrons. The molecule has 1 aromatic carbocycles. The lowest BCUT2D eigenvalue weighted by Gasteiger charge is -2.38. The molecule has 0 atom stereocenters. The van der Waals surface area contributed by atoms with E-state index in [1.807, 2.05) is 11.1 Å². The highest BCUT2D eigenvalue weighted by Gasteiger charge is 2.27. The van der Waals surface area contributed by atoms with Crippen LogP contribution in [-0.2, 0) is 17.8 Å². The number of fused-ring (bicyclic) bond motifs is 2. The van der Waals surface area contributed by atoms with Gasteiger partial charge >= 0.3 is 0 Å². The van der Waals surface area contributed by atoms with Crippen molar-refractivity contribution in [1.82, 2.24) is 25.1 Å². The molecule has 0 radical (unpaired) electrons. The van der Waals surface area contributed by atoms with Crippen molar-refractivity contribution in [2.45, 2.75) is 19.9 Å².